The number of aliphatic hydroxyl groups is 1. The highest BCUT2D eigenvalue weighted by atomic mass is 79.9. The molecule has 1 fully saturated rings. The Balaban J connectivity index is 1.99. The SMILES string of the molecule is CC(Oc1ccc(Cl)cc1Br)C(=O)N1CCOC(CO)C1. The van der Waals surface area contributed by atoms with Crippen LogP contribution < -0.4 is 4.74 Å². The Bertz CT molecular complexity index is 514. The second-order valence-corrected chi connectivity index (χ2v) is 6.09. The van der Waals surface area contributed by atoms with Crippen molar-refractivity contribution in [3.8, 4) is 5.75 Å². The fourth-order valence-electron chi connectivity index (χ4n) is 2.10. The lowest BCUT2D eigenvalue weighted by atomic mass is 10.2. The maximum Gasteiger partial charge on any atom is 0.263 e. The summed E-state index contributed by atoms with van der Waals surface area (Å²) < 4.78 is 11.7. The van der Waals surface area contributed by atoms with Gasteiger partial charge in [-0.25, -0.2) is 0 Å². The highest BCUT2D eigenvalue weighted by molar-refractivity contribution is 9.10. The van der Waals surface area contributed by atoms with Crippen LogP contribution in [-0.2, 0) is 9.53 Å². The normalized spacial score (nSPS) is 20.2. The predicted molar refractivity (Wildman–Crippen MR) is 82.6 cm³/mol. The zero-order valence-corrected chi connectivity index (χ0v) is 13.9. The van der Waals surface area contributed by atoms with Gasteiger partial charge in [-0.2, -0.15) is 0 Å². The first-order chi connectivity index (χ1) is 10.0. The predicted octanol–water partition coefficient (Wildman–Crippen LogP) is 2.09. The summed E-state index contributed by atoms with van der Waals surface area (Å²) in [7, 11) is 0. The number of hydrogen-bond acceptors (Lipinski definition) is 4. The van der Waals surface area contributed by atoms with E-state index in [-0.39, 0.29) is 18.6 Å². The molecule has 0 aliphatic carbocycles. The van der Waals surface area contributed by atoms with E-state index < -0.39 is 6.10 Å². The molecular weight excluding hydrogens is 362 g/mol. The molecule has 1 N–H and O–H groups in total. The van der Waals surface area contributed by atoms with Crippen molar-refractivity contribution in [3.63, 3.8) is 0 Å². The van der Waals surface area contributed by atoms with Gasteiger partial charge in [0.2, 0.25) is 0 Å². The Morgan fingerprint density at radius 1 is 1.67 bits per heavy atom. The van der Waals surface area contributed by atoms with Gasteiger partial charge in [0.1, 0.15) is 5.75 Å². The molecule has 116 valence electrons. The topological polar surface area (TPSA) is 59.0 Å². The zero-order valence-electron chi connectivity index (χ0n) is 11.6. The third-order valence-electron chi connectivity index (χ3n) is 3.20. The van der Waals surface area contributed by atoms with Crippen molar-refractivity contribution in [2.45, 2.75) is 19.1 Å². The molecule has 0 spiro atoms. The number of benzene rings is 1. The average Bonchev–Trinajstić information content (AvgIpc) is 2.49. The van der Waals surface area contributed by atoms with Crippen molar-refractivity contribution in [1.82, 2.24) is 4.90 Å². The summed E-state index contributed by atoms with van der Waals surface area (Å²) in [5.74, 6) is 0.436. The molecule has 0 aromatic heterocycles. The molecule has 2 rings (SSSR count). The van der Waals surface area contributed by atoms with Gasteiger partial charge in [0.25, 0.3) is 5.91 Å². The van der Waals surface area contributed by atoms with Gasteiger partial charge in [0.15, 0.2) is 6.10 Å². The molecule has 1 heterocycles. The van der Waals surface area contributed by atoms with E-state index in [1.54, 1.807) is 30.0 Å². The molecule has 5 nitrogen and oxygen atoms in total. The van der Waals surface area contributed by atoms with Crippen molar-refractivity contribution < 1.29 is 19.4 Å². The fraction of sp³-hybridized carbons (Fsp3) is 0.500. The van der Waals surface area contributed by atoms with Gasteiger partial charge < -0.3 is 19.5 Å². The van der Waals surface area contributed by atoms with Crippen LogP contribution >= 0.6 is 27.5 Å². The number of rotatable bonds is 4. The van der Waals surface area contributed by atoms with Crippen LogP contribution in [0.4, 0.5) is 0 Å². The summed E-state index contributed by atoms with van der Waals surface area (Å²) in [6.45, 7) is 2.92. The molecule has 7 heteroatoms. The van der Waals surface area contributed by atoms with Crippen molar-refractivity contribution in [2.24, 2.45) is 0 Å². The van der Waals surface area contributed by atoms with Gasteiger partial charge in [0.05, 0.1) is 23.8 Å². The molecule has 0 saturated carbocycles. The van der Waals surface area contributed by atoms with Gasteiger partial charge in [-0.3, -0.25) is 4.79 Å². The summed E-state index contributed by atoms with van der Waals surface area (Å²) in [6.07, 6.45) is -0.947. The first-order valence-corrected chi connectivity index (χ1v) is 7.81. The number of halogens is 2. The zero-order chi connectivity index (χ0) is 15.4. The minimum absolute atomic E-state index is 0.0955. The second-order valence-electron chi connectivity index (χ2n) is 4.79. The van der Waals surface area contributed by atoms with Crippen molar-refractivity contribution in [1.29, 1.82) is 0 Å². The van der Waals surface area contributed by atoms with Crippen molar-refractivity contribution in [2.75, 3.05) is 26.3 Å². The van der Waals surface area contributed by atoms with E-state index >= 15 is 0 Å². The molecule has 2 unspecified atom stereocenters. The van der Waals surface area contributed by atoms with Crippen LogP contribution in [0, 0.1) is 0 Å². The molecule has 1 aliphatic heterocycles. The van der Waals surface area contributed by atoms with Gasteiger partial charge >= 0.3 is 0 Å². The highest BCUT2D eigenvalue weighted by Crippen LogP contribution is 2.29. The van der Waals surface area contributed by atoms with Crippen LogP contribution in [0.2, 0.25) is 5.02 Å². The Morgan fingerprint density at radius 3 is 3.10 bits per heavy atom. The lowest BCUT2D eigenvalue weighted by Crippen LogP contribution is -2.50. The lowest BCUT2D eigenvalue weighted by molar-refractivity contribution is -0.146. The van der Waals surface area contributed by atoms with E-state index in [2.05, 4.69) is 15.9 Å². The second kappa shape index (κ2) is 7.45. The number of ether oxygens (including phenoxy) is 2. The fourth-order valence-corrected chi connectivity index (χ4v) is 2.87. The summed E-state index contributed by atoms with van der Waals surface area (Å²) in [5, 5.41) is 9.70. The van der Waals surface area contributed by atoms with Crippen molar-refractivity contribution >= 4 is 33.4 Å². The molecule has 0 bridgehead atoms. The van der Waals surface area contributed by atoms with E-state index in [1.807, 2.05) is 0 Å². The lowest BCUT2D eigenvalue weighted by Gasteiger charge is -2.33. The number of carbonyl (C=O) groups is 1. The van der Waals surface area contributed by atoms with Crippen LogP contribution in [0.3, 0.4) is 0 Å². The molecule has 1 amide bonds. The van der Waals surface area contributed by atoms with Crippen LogP contribution in [0.1, 0.15) is 6.92 Å². The van der Waals surface area contributed by atoms with E-state index in [4.69, 9.17) is 26.2 Å². The van der Waals surface area contributed by atoms with Crippen molar-refractivity contribution in [3.05, 3.63) is 27.7 Å². The van der Waals surface area contributed by atoms with Crippen LogP contribution in [0.15, 0.2) is 22.7 Å². The van der Waals surface area contributed by atoms with Gasteiger partial charge in [0, 0.05) is 18.1 Å². The molecule has 1 saturated heterocycles. The summed E-state index contributed by atoms with van der Waals surface area (Å²) in [5.41, 5.74) is 0. The highest BCUT2D eigenvalue weighted by Gasteiger charge is 2.28. The summed E-state index contributed by atoms with van der Waals surface area (Å²) >= 11 is 9.23. The number of carbonyl (C=O) groups excluding carboxylic acids is 1. The Morgan fingerprint density at radius 2 is 2.43 bits per heavy atom. The molecule has 1 aliphatic rings. The molecule has 21 heavy (non-hydrogen) atoms. The Hall–Kier alpha value is -0.820. The minimum Gasteiger partial charge on any atom is -0.480 e. The molecular formula is C14H17BrClNO4. The monoisotopic (exact) mass is 377 g/mol. The maximum atomic E-state index is 12.4. The first-order valence-electron chi connectivity index (χ1n) is 6.64. The number of amides is 1. The maximum absolute atomic E-state index is 12.4. The number of hydrogen-bond donors (Lipinski definition) is 1. The number of aliphatic hydroxyl groups excluding tert-OH is 1. The molecule has 2 atom stereocenters. The summed E-state index contributed by atoms with van der Waals surface area (Å²) in [6, 6.07) is 5.13. The van der Waals surface area contributed by atoms with Gasteiger partial charge in [-0.1, -0.05) is 11.6 Å². The number of nitrogens with zero attached hydrogens (tertiary/aromatic N) is 1. The third-order valence-corrected chi connectivity index (χ3v) is 4.05. The molecule has 1 aromatic carbocycles. The minimum atomic E-state index is -0.625. The van der Waals surface area contributed by atoms with E-state index in [9.17, 15) is 4.79 Å². The van der Waals surface area contributed by atoms with Crippen LogP contribution in [-0.4, -0.2) is 54.4 Å². The quantitative estimate of drug-likeness (QED) is 0.871. The van der Waals surface area contributed by atoms with Gasteiger partial charge in [-0.15, -0.1) is 0 Å². The smallest absolute Gasteiger partial charge is 0.263 e. The van der Waals surface area contributed by atoms with Crippen LogP contribution in [0.5, 0.6) is 5.75 Å². The number of morpholine rings is 1. The van der Waals surface area contributed by atoms with Crippen LogP contribution in [0.25, 0.3) is 0 Å². The largest absolute Gasteiger partial charge is 0.480 e. The third kappa shape index (κ3) is 4.32. The first kappa shape index (κ1) is 16.5. The molecule has 1 aromatic rings. The molecule has 0 radical (unpaired) electrons. The van der Waals surface area contributed by atoms with E-state index in [1.165, 1.54) is 0 Å². The van der Waals surface area contributed by atoms with E-state index in [0.29, 0.717) is 34.9 Å². The Kier molecular flexibility index (Phi) is 5.87. The average molecular weight is 379 g/mol. The standard InChI is InChI=1S/C14H17BrClNO4/c1-9(21-13-3-2-10(16)6-12(13)15)14(19)17-4-5-20-11(7-17)8-18/h2-3,6,9,11,18H,4-5,7-8H2,1H3. The van der Waals surface area contributed by atoms with E-state index in [0.717, 1.165) is 0 Å². The Labute approximate surface area is 136 Å². The summed E-state index contributed by atoms with van der Waals surface area (Å²) in [4.78, 5) is 14.0. The van der Waals surface area contributed by atoms with Gasteiger partial charge in [-0.05, 0) is 41.1 Å².